The van der Waals surface area contributed by atoms with Gasteiger partial charge in [-0.1, -0.05) is 115 Å². The van der Waals surface area contributed by atoms with E-state index in [1.54, 1.807) is 0 Å². The summed E-state index contributed by atoms with van der Waals surface area (Å²) in [6.45, 7) is 0. The fourth-order valence-electron chi connectivity index (χ4n) is 7.44. The Kier molecular flexibility index (Phi) is 5.57. The van der Waals surface area contributed by atoms with E-state index in [2.05, 4.69) is 179 Å². The van der Waals surface area contributed by atoms with Crippen molar-refractivity contribution in [1.82, 2.24) is 9.13 Å². The van der Waals surface area contributed by atoms with Crippen LogP contribution in [-0.2, 0) is 0 Å². The van der Waals surface area contributed by atoms with Crippen LogP contribution in [0.3, 0.4) is 0 Å². The number of aromatic nitrogens is 2. The van der Waals surface area contributed by atoms with Crippen molar-refractivity contribution < 1.29 is 4.42 Å². The summed E-state index contributed by atoms with van der Waals surface area (Å²) >= 11 is 0. The highest BCUT2D eigenvalue weighted by molar-refractivity contribution is 6.20. The Bertz CT molecular complexity index is 2760. The molecular formula is C44H28N2O. The van der Waals surface area contributed by atoms with Crippen LogP contribution in [0.4, 0.5) is 0 Å². The van der Waals surface area contributed by atoms with Crippen molar-refractivity contribution in [1.29, 1.82) is 0 Å². The number of nitrogens with zero attached hydrogens (tertiary/aromatic N) is 2. The third-order valence-corrected chi connectivity index (χ3v) is 9.54. The van der Waals surface area contributed by atoms with E-state index in [1.807, 2.05) is 0 Å². The molecule has 0 atom stereocenters. The highest BCUT2D eigenvalue weighted by Crippen LogP contribution is 2.43. The molecule has 0 unspecified atom stereocenters. The van der Waals surface area contributed by atoms with Gasteiger partial charge in [0.2, 0.25) is 0 Å². The third-order valence-electron chi connectivity index (χ3n) is 9.54. The zero-order valence-corrected chi connectivity index (χ0v) is 25.5. The zero-order chi connectivity index (χ0) is 30.9. The van der Waals surface area contributed by atoms with E-state index < -0.39 is 0 Å². The zero-order valence-electron chi connectivity index (χ0n) is 25.5. The minimum Gasteiger partial charge on any atom is -0.454 e. The molecule has 0 spiro atoms. The molecular weight excluding hydrogens is 572 g/mol. The van der Waals surface area contributed by atoms with Gasteiger partial charge in [0.15, 0.2) is 5.58 Å². The quantitative estimate of drug-likeness (QED) is 0.197. The van der Waals surface area contributed by atoms with E-state index in [9.17, 15) is 0 Å². The van der Waals surface area contributed by atoms with Crippen molar-refractivity contribution in [3.05, 3.63) is 170 Å². The Morgan fingerprint density at radius 1 is 0.383 bits per heavy atom. The van der Waals surface area contributed by atoms with E-state index in [4.69, 9.17) is 4.42 Å². The van der Waals surface area contributed by atoms with E-state index in [-0.39, 0.29) is 0 Å². The molecule has 220 valence electrons. The number of hydrogen-bond donors (Lipinski definition) is 0. The molecule has 0 aliphatic rings. The second-order valence-corrected chi connectivity index (χ2v) is 12.1. The molecule has 0 saturated carbocycles. The summed E-state index contributed by atoms with van der Waals surface area (Å²) < 4.78 is 11.3. The summed E-state index contributed by atoms with van der Waals surface area (Å²) in [5, 5.41) is 4.77. The summed E-state index contributed by atoms with van der Waals surface area (Å²) in [5.74, 6) is 0. The first kappa shape index (κ1) is 26.0. The van der Waals surface area contributed by atoms with Gasteiger partial charge in [-0.3, -0.25) is 0 Å². The Balaban J connectivity index is 1.14. The van der Waals surface area contributed by atoms with Crippen LogP contribution in [0.5, 0.6) is 0 Å². The smallest absolute Gasteiger partial charge is 0.161 e. The lowest BCUT2D eigenvalue weighted by Gasteiger charge is -2.11. The first-order chi connectivity index (χ1) is 23.3. The Labute approximate surface area is 271 Å². The number of para-hydroxylation sites is 4. The fourth-order valence-corrected chi connectivity index (χ4v) is 7.44. The molecule has 10 rings (SSSR count). The van der Waals surface area contributed by atoms with Crippen LogP contribution in [0.1, 0.15) is 0 Å². The summed E-state index contributed by atoms with van der Waals surface area (Å²) in [6, 6.07) is 60.6. The van der Waals surface area contributed by atoms with Gasteiger partial charge in [-0.15, -0.1) is 0 Å². The lowest BCUT2D eigenvalue weighted by atomic mass is 9.97. The first-order valence-electron chi connectivity index (χ1n) is 16.0. The molecule has 0 bridgehead atoms. The average molecular weight is 601 g/mol. The van der Waals surface area contributed by atoms with Gasteiger partial charge in [0, 0.05) is 27.5 Å². The molecule has 3 heteroatoms. The molecule has 0 amide bonds. The normalized spacial score (nSPS) is 11.8. The van der Waals surface area contributed by atoms with Gasteiger partial charge in [-0.2, -0.15) is 0 Å². The molecule has 0 radical (unpaired) electrons. The van der Waals surface area contributed by atoms with Crippen LogP contribution in [0.15, 0.2) is 174 Å². The van der Waals surface area contributed by atoms with Crippen LogP contribution < -0.4 is 0 Å². The van der Waals surface area contributed by atoms with Crippen LogP contribution in [0, 0.1) is 0 Å². The largest absolute Gasteiger partial charge is 0.454 e. The molecule has 0 fully saturated rings. The lowest BCUT2D eigenvalue weighted by Crippen LogP contribution is -1.93. The van der Waals surface area contributed by atoms with E-state index in [0.29, 0.717) is 0 Å². The molecule has 47 heavy (non-hydrogen) atoms. The monoisotopic (exact) mass is 600 g/mol. The minimum atomic E-state index is 0.895. The maximum atomic E-state index is 6.61. The lowest BCUT2D eigenvalue weighted by molar-refractivity contribution is 0.673. The third kappa shape index (κ3) is 3.87. The Morgan fingerprint density at radius 3 is 1.70 bits per heavy atom. The fraction of sp³-hybridized carbons (Fsp3) is 0. The summed E-state index contributed by atoms with van der Waals surface area (Å²) in [6.07, 6.45) is 0. The molecule has 0 aliphatic carbocycles. The van der Waals surface area contributed by atoms with Crippen molar-refractivity contribution in [2.45, 2.75) is 0 Å². The summed E-state index contributed by atoms with van der Waals surface area (Å²) in [5.41, 5.74) is 13.5. The van der Waals surface area contributed by atoms with Crippen LogP contribution >= 0.6 is 0 Å². The first-order valence-corrected chi connectivity index (χ1v) is 16.0. The summed E-state index contributed by atoms with van der Waals surface area (Å²) in [4.78, 5) is 0. The van der Waals surface area contributed by atoms with E-state index >= 15 is 0 Å². The van der Waals surface area contributed by atoms with Crippen molar-refractivity contribution >= 4 is 54.8 Å². The number of fused-ring (bicyclic) bond motifs is 8. The molecule has 0 aliphatic heterocycles. The minimum absolute atomic E-state index is 0.895. The van der Waals surface area contributed by atoms with Gasteiger partial charge >= 0.3 is 0 Å². The Morgan fingerprint density at radius 2 is 0.957 bits per heavy atom. The number of furan rings is 1. The average Bonchev–Trinajstić information content (AvgIpc) is 3.79. The number of hydrogen-bond acceptors (Lipinski definition) is 1. The number of rotatable bonds is 4. The topological polar surface area (TPSA) is 23.0 Å². The van der Waals surface area contributed by atoms with E-state index in [1.165, 1.54) is 38.6 Å². The van der Waals surface area contributed by atoms with E-state index in [0.717, 1.165) is 49.8 Å². The SMILES string of the molecule is c1ccc(-n2c3ccccc3c3ccc(-c4ccc(-c5cccc6oc7c8ccccc8n(-c8ccccc8)c7c56)cc4)cc32)cc1. The molecule has 10 aromatic rings. The highest BCUT2D eigenvalue weighted by atomic mass is 16.3. The predicted molar refractivity (Wildman–Crippen MR) is 196 cm³/mol. The standard InChI is InChI=1S/C44H28N2O/c1-3-12-32(13-4-1)45-38-19-9-7-16-35(38)36-27-26-31(28-40(36)45)29-22-24-30(25-23-29)34-18-11-21-41-42(34)43-44(47-41)37-17-8-10-20-39(37)46(43)33-14-5-2-6-15-33/h1-28H. The Hall–Kier alpha value is -6.32. The molecule has 0 N–H and O–H groups in total. The molecule has 3 heterocycles. The maximum absolute atomic E-state index is 6.61. The second-order valence-electron chi connectivity index (χ2n) is 12.1. The molecule has 0 saturated heterocycles. The van der Waals surface area contributed by atoms with Crippen LogP contribution in [0.2, 0.25) is 0 Å². The van der Waals surface area contributed by atoms with Gasteiger partial charge in [0.1, 0.15) is 11.1 Å². The number of benzene rings is 7. The maximum Gasteiger partial charge on any atom is 0.161 e. The molecule has 3 nitrogen and oxygen atoms in total. The van der Waals surface area contributed by atoms with Gasteiger partial charge < -0.3 is 13.6 Å². The van der Waals surface area contributed by atoms with Crippen LogP contribution in [0.25, 0.3) is 88.4 Å². The molecule has 3 aromatic heterocycles. The van der Waals surface area contributed by atoms with Crippen LogP contribution in [-0.4, -0.2) is 9.13 Å². The van der Waals surface area contributed by atoms with Crippen molar-refractivity contribution in [3.8, 4) is 33.6 Å². The van der Waals surface area contributed by atoms with Gasteiger partial charge in [0.05, 0.1) is 21.9 Å². The van der Waals surface area contributed by atoms with Gasteiger partial charge in [-0.05, 0) is 76.9 Å². The predicted octanol–water partition coefficient (Wildman–Crippen LogP) is 12.0. The molecule has 7 aromatic carbocycles. The van der Waals surface area contributed by atoms with Crippen molar-refractivity contribution in [2.75, 3.05) is 0 Å². The van der Waals surface area contributed by atoms with Crippen molar-refractivity contribution in [2.24, 2.45) is 0 Å². The van der Waals surface area contributed by atoms with Crippen molar-refractivity contribution in [3.63, 3.8) is 0 Å². The van der Waals surface area contributed by atoms with Gasteiger partial charge in [0.25, 0.3) is 0 Å². The highest BCUT2D eigenvalue weighted by Gasteiger charge is 2.21. The summed E-state index contributed by atoms with van der Waals surface area (Å²) in [7, 11) is 0. The second kappa shape index (κ2) is 10.1. The van der Waals surface area contributed by atoms with Gasteiger partial charge in [-0.25, -0.2) is 0 Å².